The number of rotatable bonds is 8. The number of aliphatic carboxylic acids is 1. The van der Waals surface area contributed by atoms with E-state index in [2.05, 4.69) is 4.72 Å². The van der Waals surface area contributed by atoms with Crippen molar-refractivity contribution in [2.45, 2.75) is 23.8 Å². The van der Waals surface area contributed by atoms with Crippen LogP contribution in [0.25, 0.3) is 6.08 Å². The van der Waals surface area contributed by atoms with Crippen LogP contribution in [0, 0.1) is 0 Å². The van der Waals surface area contributed by atoms with Crippen LogP contribution in [0.15, 0.2) is 29.2 Å². The molecule has 1 saturated carbocycles. The number of carbonyl (C=O) groups is 2. The Bertz CT molecular complexity index is 799. The third-order valence-electron chi connectivity index (χ3n) is 3.74. The van der Waals surface area contributed by atoms with Crippen molar-refractivity contribution in [2.75, 3.05) is 20.7 Å². The van der Waals surface area contributed by atoms with Crippen LogP contribution in [0.5, 0.6) is 5.75 Å². The molecule has 25 heavy (non-hydrogen) atoms. The van der Waals surface area contributed by atoms with E-state index in [0.717, 1.165) is 12.8 Å². The zero-order valence-electron chi connectivity index (χ0n) is 13.9. The van der Waals surface area contributed by atoms with E-state index in [1.165, 1.54) is 43.3 Å². The molecule has 1 aliphatic carbocycles. The molecule has 0 heterocycles. The smallest absolute Gasteiger partial charge is 0.323 e. The third-order valence-corrected chi connectivity index (χ3v) is 5.18. The van der Waals surface area contributed by atoms with Gasteiger partial charge in [-0.05, 0) is 43.7 Å². The van der Waals surface area contributed by atoms with Gasteiger partial charge in [0.05, 0.1) is 7.11 Å². The Balaban J connectivity index is 2.24. The molecule has 0 bridgehead atoms. The molecule has 1 aromatic rings. The Labute approximate surface area is 146 Å². The van der Waals surface area contributed by atoms with Crippen molar-refractivity contribution >= 4 is 28.0 Å². The van der Waals surface area contributed by atoms with Gasteiger partial charge in [0.1, 0.15) is 17.2 Å². The summed E-state index contributed by atoms with van der Waals surface area (Å²) in [6, 6.07) is 4.44. The number of sulfonamides is 1. The first-order valence-corrected chi connectivity index (χ1v) is 9.09. The summed E-state index contributed by atoms with van der Waals surface area (Å²) in [4.78, 5) is 24.3. The van der Waals surface area contributed by atoms with Crippen LogP contribution >= 0.6 is 0 Å². The first kappa shape index (κ1) is 18.9. The van der Waals surface area contributed by atoms with Crippen LogP contribution in [0.1, 0.15) is 18.4 Å². The summed E-state index contributed by atoms with van der Waals surface area (Å²) in [5.74, 6) is -1.30. The number of carboxylic acids is 1. The minimum atomic E-state index is -3.72. The Morgan fingerprint density at radius 2 is 2.08 bits per heavy atom. The van der Waals surface area contributed by atoms with Crippen LogP contribution in [-0.4, -0.2) is 57.0 Å². The summed E-state index contributed by atoms with van der Waals surface area (Å²) in [6.07, 6.45) is 4.28. The molecule has 0 aliphatic heterocycles. The molecule has 0 unspecified atom stereocenters. The fraction of sp³-hybridized carbons (Fsp3) is 0.375. The summed E-state index contributed by atoms with van der Waals surface area (Å²) in [7, 11) is -1.06. The van der Waals surface area contributed by atoms with Gasteiger partial charge in [0, 0.05) is 12.1 Å². The van der Waals surface area contributed by atoms with Crippen LogP contribution in [-0.2, 0) is 19.6 Å². The summed E-state index contributed by atoms with van der Waals surface area (Å²) in [5.41, 5.74) is 0.481. The maximum absolute atomic E-state index is 12.2. The maximum Gasteiger partial charge on any atom is 0.323 e. The number of carbonyl (C=O) groups excluding carboxylic acids is 1. The molecule has 0 spiro atoms. The highest BCUT2D eigenvalue weighted by Gasteiger charge is 2.32. The number of hydrogen-bond donors (Lipinski definition) is 2. The fourth-order valence-corrected chi connectivity index (χ4v) is 3.23. The number of amides is 1. The number of nitrogens with one attached hydrogen (secondary N) is 1. The fourth-order valence-electron chi connectivity index (χ4n) is 2.30. The molecule has 2 rings (SSSR count). The van der Waals surface area contributed by atoms with E-state index in [-0.39, 0.29) is 23.2 Å². The van der Waals surface area contributed by atoms with Gasteiger partial charge in [-0.15, -0.1) is 0 Å². The van der Waals surface area contributed by atoms with Gasteiger partial charge in [-0.25, -0.2) is 13.1 Å². The quantitative estimate of drug-likeness (QED) is 0.653. The van der Waals surface area contributed by atoms with Gasteiger partial charge < -0.3 is 14.7 Å². The third kappa shape index (κ3) is 4.80. The zero-order valence-corrected chi connectivity index (χ0v) is 14.7. The van der Waals surface area contributed by atoms with Crippen molar-refractivity contribution in [2.24, 2.45) is 0 Å². The molecular weight excluding hydrogens is 348 g/mol. The van der Waals surface area contributed by atoms with Gasteiger partial charge in [-0.1, -0.05) is 6.07 Å². The lowest BCUT2D eigenvalue weighted by atomic mass is 10.2. The molecule has 0 atom stereocenters. The van der Waals surface area contributed by atoms with E-state index in [1.54, 1.807) is 6.07 Å². The topological polar surface area (TPSA) is 113 Å². The van der Waals surface area contributed by atoms with E-state index < -0.39 is 21.9 Å². The number of benzene rings is 1. The Morgan fingerprint density at radius 3 is 2.60 bits per heavy atom. The Morgan fingerprint density at radius 1 is 1.40 bits per heavy atom. The minimum absolute atomic E-state index is 0.0376. The molecular formula is C16H20N2O6S. The summed E-state index contributed by atoms with van der Waals surface area (Å²) >= 11 is 0. The van der Waals surface area contributed by atoms with Crippen LogP contribution in [0.4, 0.5) is 0 Å². The maximum atomic E-state index is 12.2. The summed E-state index contributed by atoms with van der Waals surface area (Å²) < 4.78 is 31.4. The highest BCUT2D eigenvalue weighted by Crippen LogP contribution is 2.27. The van der Waals surface area contributed by atoms with E-state index >= 15 is 0 Å². The molecule has 0 saturated heterocycles. The van der Waals surface area contributed by atoms with Gasteiger partial charge in [0.15, 0.2) is 0 Å². The predicted octanol–water partition coefficient (Wildman–Crippen LogP) is 0.692. The van der Waals surface area contributed by atoms with Gasteiger partial charge >= 0.3 is 5.97 Å². The summed E-state index contributed by atoms with van der Waals surface area (Å²) in [6.45, 7) is -0.351. The second-order valence-electron chi connectivity index (χ2n) is 5.54. The van der Waals surface area contributed by atoms with Crippen molar-refractivity contribution in [3.8, 4) is 5.75 Å². The van der Waals surface area contributed by atoms with E-state index in [9.17, 15) is 18.0 Å². The van der Waals surface area contributed by atoms with Crippen molar-refractivity contribution in [3.63, 3.8) is 0 Å². The van der Waals surface area contributed by atoms with Gasteiger partial charge in [0.2, 0.25) is 15.9 Å². The van der Waals surface area contributed by atoms with Gasteiger partial charge in [0.25, 0.3) is 0 Å². The van der Waals surface area contributed by atoms with Crippen LogP contribution in [0.3, 0.4) is 0 Å². The minimum Gasteiger partial charge on any atom is -0.495 e. The molecule has 0 radical (unpaired) electrons. The molecule has 2 N–H and O–H groups in total. The van der Waals surface area contributed by atoms with Gasteiger partial charge in [-0.2, -0.15) is 0 Å². The SMILES string of the molecule is CNS(=O)(=O)c1cc(/C=C/C(=O)N(CC(=O)O)C2CC2)ccc1OC. The number of ether oxygens (including phenoxy) is 1. The molecule has 1 aliphatic rings. The average Bonchev–Trinajstić information content (AvgIpc) is 3.42. The van der Waals surface area contributed by atoms with Crippen LogP contribution < -0.4 is 9.46 Å². The zero-order chi connectivity index (χ0) is 18.6. The standard InChI is InChI=1S/C16H20N2O6S/c1-17-25(22,23)14-9-11(3-7-13(14)24-2)4-8-15(19)18(10-16(20)21)12-5-6-12/h3-4,7-9,12,17H,5-6,10H2,1-2H3,(H,20,21)/b8-4+. The lowest BCUT2D eigenvalue weighted by Crippen LogP contribution is -2.36. The largest absolute Gasteiger partial charge is 0.495 e. The van der Waals surface area contributed by atoms with E-state index in [0.29, 0.717) is 5.56 Å². The first-order chi connectivity index (χ1) is 11.8. The lowest BCUT2D eigenvalue weighted by Gasteiger charge is -2.18. The van der Waals surface area contributed by atoms with Crippen molar-refractivity contribution in [3.05, 3.63) is 29.8 Å². The Hall–Kier alpha value is -2.39. The summed E-state index contributed by atoms with van der Waals surface area (Å²) in [5, 5.41) is 8.90. The lowest BCUT2D eigenvalue weighted by molar-refractivity contribution is -0.143. The monoisotopic (exact) mass is 368 g/mol. The predicted molar refractivity (Wildman–Crippen MR) is 90.6 cm³/mol. The molecule has 1 fully saturated rings. The van der Waals surface area contributed by atoms with Gasteiger partial charge in [-0.3, -0.25) is 9.59 Å². The van der Waals surface area contributed by atoms with Crippen molar-refractivity contribution in [1.82, 2.24) is 9.62 Å². The molecule has 8 nitrogen and oxygen atoms in total. The number of nitrogens with zero attached hydrogens (tertiary/aromatic N) is 1. The van der Waals surface area contributed by atoms with Crippen molar-refractivity contribution < 1.29 is 27.9 Å². The van der Waals surface area contributed by atoms with E-state index in [4.69, 9.17) is 9.84 Å². The highest BCUT2D eigenvalue weighted by atomic mass is 32.2. The number of methoxy groups -OCH3 is 1. The second kappa shape index (κ2) is 7.66. The average molecular weight is 368 g/mol. The molecule has 1 amide bonds. The molecule has 0 aromatic heterocycles. The second-order valence-corrected chi connectivity index (χ2v) is 7.40. The normalized spacial score (nSPS) is 14.5. The van der Waals surface area contributed by atoms with Crippen molar-refractivity contribution in [1.29, 1.82) is 0 Å². The Kier molecular flexibility index (Phi) is 5.81. The van der Waals surface area contributed by atoms with Crippen LogP contribution in [0.2, 0.25) is 0 Å². The first-order valence-electron chi connectivity index (χ1n) is 7.60. The molecule has 136 valence electrons. The molecule has 1 aromatic carbocycles. The number of carboxylic acid groups (broad SMARTS) is 1. The highest BCUT2D eigenvalue weighted by molar-refractivity contribution is 7.89. The van der Waals surface area contributed by atoms with E-state index in [1.807, 2.05) is 0 Å². The molecule has 9 heteroatoms. The number of hydrogen-bond acceptors (Lipinski definition) is 5.